The summed E-state index contributed by atoms with van der Waals surface area (Å²) in [6.07, 6.45) is 2.34. The fourth-order valence-corrected chi connectivity index (χ4v) is 2.09. The summed E-state index contributed by atoms with van der Waals surface area (Å²) in [4.78, 5) is 12.2. The maximum absolute atomic E-state index is 10.5. The topological polar surface area (TPSA) is 52.6 Å². The van der Waals surface area contributed by atoms with Crippen LogP contribution in [0.5, 0.6) is 0 Å². The van der Waals surface area contributed by atoms with Crippen LogP contribution in [0.2, 0.25) is 0 Å². The van der Waals surface area contributed by atoms with Crippen molar-refractivity contribution < 1.29 is 9.90 Å². The van der Waals surface area contributed by atoms with Crippen molar-refractivity contribution in [2.45, 2.75) is 18.4 Å². The highest BCUT2D eigenvalue weighted by Gasteiger charge is 2.42. The Balaban J connectivity index is 1.91. The van der Waals surface area contributed by atoms with E-state index in [2.05, 4.69) is 5.32 Å². The van der Waals surface area contributed by atoms with E-state index in [1.54, 1.807) is 4.90 Å². The second kappa shape index (κ2) is 3.27. The number of carbonyl (C=O) groups is 1. The average molecular weight is 184 g/mol. The van der Waals surface area contributed by atoms with E-state index in [0.29, 0.717) is 19.0 Å². The summed E-state index contributed by atoms with van der Waals surface area (Å²) in [6, 6.07) is 0. The van der Waals surface area contributed by atoms with Crippen molar-refractivity contribution in [2.24, 2.45) is 5.92 Å². The first kappa shape index (κ1) is 8.97. The van der Waals surface area contributed by atoms with Gasteiger partial charge in [-0.2, -0.15) is 0 Å². The first-order valence-corrected chi connectivity index (χ1v) is 4.87. The zero-order valence-corrected chi connectivity index (χ0v) is 7.70. The van der Waals surface area contributed by atoms with Crippen molar-refractivity contribution in [3.63, 3.8) is 0 Å². The van der Waals surface area contributed by atoms with E-state index in [1.165, 1.54) is 0 Å². The van der Waals surface area contributed by atoms with Gasteiger partial charge in [0.25, 0.3) is 0 Å². The third-order valence-corrected chi connectivity index (χ3v) is 3.35. The fraction of sp³-hybridized carbons (Fsp3) is 0.889. The standard InChI is InChI=1S/C9H16N2O2/c12-7-11-3-1-9(13,2-4-11)8-5-10-6-8/h7-8,10,13H,1-6H2. The first-order chi connectivity index (χ1) is 6.24. The molecule has 2 rings (SSSR count). The lowest BCUT2D eigenvalue weighted by atomic mass is 9.76. The lowest BCUT2D eigenvalue weighted by molar-refractivity contribution is -0.126. The van der Waals surface area contributed by atoms with Gasteiger partial charge in [-0.15, -0.1) is 0 Å². The number of piperidine rings is 1. The maximum Gasteiger partial charge on any atom is 0.209 e. The fourth-order valence-electron chi connectivity index (χ4n) is 2.09. The van der Waals surface area contributed by atoms with Crippen LogP contribution in [0.25, 0.3) is 0 Å². The molecule has 74 valence electrons. The summed E-state index contributed by atoms with van der Waals surface area (Å²) in [5.41, 5.74) is -0.509. The molecule has 2 heterocycles. The van der Waals surface area contributed by atoms with Gasteiger partial charge in [0.1, 0.15) is 0 Å². The molecule has 0 aromatic rings. The van der Waals surface area contributed by atoms with E-state index < -0.39 is 5.60 Å². The molecule has 2 aliphatic heterocycles. The van der Waals surface area contributed by atoms with E-state index in [0.717, 1.165) is 32.3 Å². The smallest absolute Gasteiger partial charge is 0.209 e. The highest BCUT2D eigenvalue weighted by molar-refractivity contribution is 5.47. The lowest BCUT2D eigenvalue weighted by Gasteiger charge is -2.46. The average Bonchev–Trinajstić information content (AvgIpc) is 2.02. The van der Waals surface area contributed by atoms with E-state index in [4.69, 9.17) is 0 Å². The monoisotopic (exact) mass is 184 g/mol. The largest absolute Gasteiger partial charge is 0.389 e. The SMILES string of the molecule is O=CN1CCC(O)(C2CNC2)CC1. The van der Waals surface area contributed by atoms with Gasteiger partial charge in [0.2, 0.25) is 6.41 Å². The van der Waals surface area contributed by atoms with Crippen LogP contribution in [0, 0.1) is 5.92 Å². The molecule has 1 amide bonds. The molecule has 0 aromatic heterocycles. The summed E-state index contributed by atoms with van der Waals surface area (Å²) in [7, 11) is 0. The van der Waals surface area contributed by atoms with E-state index in [9.17, 15) is 9.90 Å². The van der Waals surface area contributed by atoms with Crippen LogP contribution in [0.3, 0.4) is 0 Å². The van der Waals surface area contributed by atoms with E-state index in [-0.39, 0.29) is 0 Å². The summed E-state index contributed by atoms with van der Waals surface area (Å²) >= 11 is 0. The molecule has 4 heteroatoms. The Bertz CT molecular complexity index is 196. The van der Waals surface area contributed by atoms with Crippen molar-refractivity contribution in [1.82, 2.24) is 10.2 Å². The Morgan fingerprint density at radius 1 is 1.38 bits per heavy atom. The van der Waals surface area contributed by atoms with Crippen molar-refractivity contribution in [2.75, 3.05) is 26.2 Å². The Kier molecular flexibility index (Phi) is 2.26. The Morgan fingerprint density at radius 3 is 2.38 bits per heavy atom. The highest BCUT2D eigenvalue weighted by atomic mass is 16.3. The molecule has 2 N–H and O–H groups in total. The van der Waals surface area contributed by atoms with Gasteiger partial charge in [0, 0.05) is 32.1 Å². The Labute approximate surface area is 77.9 Å². The normalized spacial score (nSPS) is 28.2. The Morgan fingerprint density at radius 2 is 2.00 bits per heavy atom. The van der Waals surface area contributed by atoms with Crippen molar-refractivity contribution in [3.05, 3.63) is 0 Å². The molecule has 0 bridgehead atoms. The molecule has 0 aromatic carbocycles. The number of carbonyl (C=O) groups excluding carboxylic acids is 1. The molecule has 0 radical (unpaired) electrons. The van der Waals surface area contributed by atoms with Crippen molar-refractivity contribution in [3.8, 4) is 0 Å². The zero-order chi connectivity index (χ0) is 9.31. The number of aliphatic hydroxyl groups is 1. The zero-order valence-electron chi connectivity index (χ0n) is 7.70. The van der Waals surface area contributed by atoms with Gasteiger partial charge in [-0.25, -0.2) is 0 Å². The van der Waals surface area contributed by atoms with E-state index in [1.807, 2.05) is 0 Å². The van der Waals surface area contributed by atoms with Crippen LogP contribution >= 0.6 is 0 Å². The van der Waals surface area contributed by atoms with Crippen LogP contribution in [-0.2, 0) is 4.79 Å². The number of likely N-dealkylation sites (tertiary alicyclic amines) is 1. The number of nitrogens with one attached hydrogen (secondary N) is 1. The highest BCUT2D eigenvalue weighted by Crippen LogP contribution is 2.31. The molecule has 4 nitrogen and oxygen atoms in total. The summed E-state index contributed by atoms with van der Waals surface area (Å²) in [5, 5.41) is 13.4. The molecule has 0 atom stereocenters. The molecule has 13 heavy (non-hydrogen) atoms. The molecule has 0 saturated carbocycles. The van der Waals surface area contributed by atoms with Gasteiger partial charge in [-0.1, -0.05) is 0 Å². The number of rotatable bonds is 2. The molecular formula is C9H16N2O2. The van der Waals surface area contributed by atoms with Gasteiger partial charge in [0.05, 0.1) is 5.60 Å². The third-order valence-electron chi connectivity index (χ3n) is 3.35. The van der Waals surface area contributed by atoms with Gasteiger partial charge in [-0.05, 0) is 12.8 Å². The van der Waals surface area contributed by atoms with Gasteiger partial charge >= 0.3 is 0 Å². The second-order valence-electron chi connectivity index (χ2n) is 4.10. The van der Waals surface area contributed by atoms with Crippen LogP contribution in [0.1, 0.15) is 12.8 Å². The van der Waals surface area contributed by atoms with E-state index >= 15 is 0 Å². The minimum atomic E-state index is -0.509. The number of hydrogen-bond acceptors (Lipinski definition) is 3. The molecule has 0 spiro atoms. The molecule has 2 saturated heterocycles. The lowest BCUT2D eigenvalue weighted by Crippen LogP contribution is -2.59. The second-order valence-corrected chi connectivity index (χ2v) is 4.10. The minimum Gasteiger partial charge on any atom is -0.389 e. The van der Waals surface area contributed by atoms with Crippen molar-refractivity contribution in [1.29, 1.82) is 0 Å². The molecular weight excluding hydrogens is 168 g/mol. The minimum absolute atomic E-state index is 0.404. The predicted molar refractivity (Wildman–Crippen MR) is 48.2 cm³/mol. The molecule has 2 aliphatic rings. The van der Waals surface area contributed by atoms with Crippen molar-refractivity contribution >= 4 is 6.41 Å². The predicted octanol–water partition coefficient (Wildman–Crippen LogP) is -0.811. The summed E-state index contributed by atoms with van der Waals surface area (Å²) in [6.45, 7) is 3.27. The maximum atomic E-state index is 10.5. The van der Waals surface area contributed by atoms with Gasteiger partial charge in [-0.3, -0.25) is 4.79 Å². The third kappa shape index (κ3) is 1.56. The summed E-state index contributed by atoms with van der Waals surface area (Å²) < 4.78 is 0. The van der Waals surface area contributed by atoms with Crippen LogP contribution in [0.15, 0.2) is 0 Å². The van der Waals surface area contributed by atoms with Crippen LogP contribution < -0.4 is 5.32 Å². The Hall–Kier alpha value is -0.610. The molecule has 0 aliphatic carbocycles. The number of nitrogens with zero attached hydrogens (tertiary/aromatic N) is 1. The quantitative estimate of drug-likeness (QED) is 0.552. The van der Waals surface area contributed by atoms with Crippen LogP contribution in [0.4, 0.5) is 0 Å². The number of hydrogen-bond donors (Lipinski definition) is 2. The summed E-state index contributed by atoms with van der Waals surface area (Å²) in [5.74, 6) is 0.404. The first-order valence-electron chi connectivity index (χ1n) is 4.87. The van der Waals surface area contributed by atoms with Gasteiger partial charge in [0.15, 0.2) is 0 Å². The van der Waals surface area contributed by atoms with Crippen LogP contribution in [-0.4, -0.2) is 48.2 Å². The molecule has 0 unspecified atom stereocenters. The molecule has 2 fully saturated rings. The van der Waals surface area contributed by atoms with Gasteiger partial charge < -0.3 is 15.3 Å². The number of amides is 1.